The lowest BCUT2D eigenvalue weighted by molar-refractivity contribution is -0.255. The third-order valence-corrected chi connectivity index (χ3v) is 3.82. The maximum absolute atomic E-state index is 11.7. The van der Waals surface area contributed by atoms with Crippen LogP contribution < -0.4 is 15.8 Å². The molecule has 0 aliphatic heterocycles. The van der Waals surface area contributed by atoms with E-state index in [1.54, 1.807) is 42.5 Å². The van der Waals surface area contributed by atoms with Crippen molar-refractivity contribution < 1.29 is 19.1 Å². The smallest absolute Gasteiger partial charge is 0.339 e. The fourth-order valence-corrected chi connectivity index (χ4v) is 2.44. The van der Waals surface area contributed by atoms with Crippen LogP contribution in [0.5, 0.6) is 0 Å². The molecule has 0 unspecified atom stereocenters. The van der Waals surface area contributed by atoms with Crippen LogP contribution in [0.2, 0.25) is 5.02 Å². The zero-order chi connectivity index (χ0) is 19.2. The number of furan rings is 1. The molecule has 7 nitrogen and oxygen atoms in total. The van der Waals surface area contributed by atoms with Gasteiger partial charge in [-0.2, -0.15) is 5.10 Å². The summed E-state index contributed by atoms with van der Waals surface area (Å²) in [5.74, 6) is -0.580. The molecule has 8 heteroatoms. The second kappa shape index (κ2) is 8.20. The average Bonchev–Trinajstić information content (AvgIpc) is 3.11. The Morgan fingerprint density at radius 3 is 2.59 bits per heavy atom. The highest BCUT2D eigenvalue weighted by Gasteiger charge is 2.08. The second-order valence-corrected chi connectivity index (χ2v) is 5.78. The Bertz CT molecular complexity index is 999. The van der Waals surface area contributed by atoms with Crippen LogP contribution in [0.15, 0.2) is 70.2 Å². The van der Waals surface area contributed by atoms with Gasteiger partial charge in [0.15, 0.2) is 0 Å². The van der Waals surface area contributed by atoms with Crippen molar-refractivity contribution >= 4 is 35.5 Å². The van der Waals surface area contributed by atoms with Crippen molar-refractivity contribution in [2.45, 2.75) is 0 Å². The van der Waals surface area contributed by atoms with Crippen molar-refractivity contribution in [3.8, 4) is 11.3 Å². The largest absolute Gasteiger partial charge is 0.545 e. The predicted octanol–water partition coefficient (Wildman–Crippen LogP) is 3.12. The number of rotatable bonds is 5. The van der Waals surface area contributed by atoms with Gasteiger partial charge in [0.25, 0.3) is 0 Å². The maximum Gasteiger partial charge on any atom is 0.339 e. The standard InChI is InChI=1S/C19H14ClN3O4/c20-16-8-6-12(10-15(16)18(24)25)17-9-7-14(27-17)11-21-23-19(26)22-13-4-2-1-3-5-13/h1-11H,(H,24,25)(H2,22,23,26)/p-1/b21-11-. The van der Waals surface area contributed by atoms with E-state index in [2.05, 4.69) is 15.8 Å². The molecule has 3 rings (SSSR count). The lowest BCUT2D eigenvalue weighted by Gasteiger charge is -2.06. The number of nitrogens with one attached hydrogen (secondary N) is 2. The third kappa shape index (κ3) is 4.74. The SMILES string of the molecule is O=C(N/N=C\c1ccc(-c2ccc(Cl)c(C(=O)[O-])c2)o1)Nc1ccccc1. The van der Waals surface area contributed by atoms with E-state index in [9.17, 15) is 14.7 Å². The highest BCUT2D eigenvalue weighted by molar-refractivity contribution is 6.33. The average molecular weight is 383 g/mol. The van der Waals surface area contributed by atoms with Gasteiger partial charge in [-0.25, -0.2) is 10.2 Å². The molecule has 0 atom stereocenters. The molecule has 2 N–H and O–H groups in total. The van der Waals surface area contributed by atoms with Gasteiger partial charge >= 0.3 is 6.03 Å². The molecule has 0 fully saturated rings. The van der Waals surface area contributed by atoms with Gasteiger partial charge in [-0.1, -0.05) is 29.8 Å². The van der Waals surface area contributed by atoms with Crippen molar-refractivity contribution in [1.29, 1.82) is 0 Å². The topological polar surface area (TPSA) is 107 Å². The van der Waals surface area contributed by atoms with Crippen molar-refractivity contribution in [3.63, 3.8) is 0 Å². The Kier molecular flexibility index (Phi) is 5.53. The minimum Gasteiger partial charge on any atom is -0.545 e. The first-order chi connectivity index (χ1) is 13.0. The molecule has 0 spiro atoms. The highest BCUT2D eigenvalue weighted by Crippen LogP contribution is 2.26. The van der Waals surface area contributed by atoms with Gasteiger partial charge in [-0.05, 0) is 42.5 Å². The van der Waals surface area contributed by atoms with Crippen LogP contribution in [-0.4, -0.2) is 18.2 Å². The number of para-hydroxylation sites is 1. The molecule has 1 aromatic heterocycles. The number of hydrogen-bond donors (Lipinski definition) is 2. The first-order valence-corrected chi connectivity index (χ1v) is 8.17. The fraction of sp³-hybridized carbons (Fsp3) is 0. The van der Waals surface area contributed by atoms with Crippen LogP contribution in [0.3, 0.4) is 0 Å². The normalized spacial score (nSPS) is 10.7. The molecule has 0 aliphatic rings. The molecule has 0 aliphatic carbocycles. The molecule has 0 saturated heterocycles. The van der Waals surface area contributed by atoms with Crippen LogP contribution in [0.25, 0.3) is 11.3 Å². The number of carbonyl (C=O) groups excluding carboxylic acids is 2. The molecular weight excluding hydrogens is 370 g/mol. The lowest BCUT2D eigenvalue weighted by atomic mass is 10.1. The van der Waals surface area contributed by atoms with E-state index in [1.807, 2.05) is 6.07 Å². The number of anilines is 1. The van der Waals surface area contributed by atoms with Crippen LogP contribution in [-0.2, 0) is 0 Å². The number of carboxylic acid groups (broad SMARTS) is 1. The number of hydrazone groups is 1. The highest BCUT2D eigenvalue weighted by atomic mass is 35.5. The maximum atomic E-state index is 11.7. The van der Waals surface area contributed by atoms with Gasteiger partial charge in [0.05, 0.1) is 12.2 Å². The van der Waals surface area contributed by atoms with E-state index in [0.29, 0.717) is 22.8 Å². The molecule has 3 aromatic rings. The van der Waals surface area contributed by atoms with Gasteiger partial charge in [0, 0.05) is 21.8 Å². The van der Waals surface area contributed by atoms with Gasteiger partial charge in [0.1, 0.15) is 11.5 Å². The summed E-state index contributed by atoms with van der Waals surface area (Å²) in [6.07, 6.45) is 1.32. The summed E-state index contributed by atoms with van der Waals surface area (Å²) in [5, 5.41) is 17.5. The number of carboxylic acids is 1. The third-order valence-electron chi connectivity index (χ3n) is 3.49. The van der Waals surface area contributed by atoms with Crippen molar-refractivity contribution in [2.24, 2.45) is 5.10 Å². The molecule has 136 valence electrons. The van der Waals surface area contributed by atoms with Gasteiger partial charge in [-0.3, -0.25) is 0 Å². The van der Waals surface area contributed by atoms with Crippen LogP contribution >= 0.6 is 11.6 Å². The number of nitrogens with zero attached hydrogens (tertiary/aromatic N) is 1. The first kappa shape index (κ1) is 18.2. The number of carbonyl (C=O) groups is 2. The Balaban J connectivity index is 1.64. The second-order valence-electron chi connectivity index (χ2n) is 5.37. The zero-order valence-electron chi connectivity index (χ0n) is 13.8. The Morgan fingerprint density at radius 2 is 1.85 bits per heavy atom. The van der Waals surface area contributed by atoms with Gasteiger partial charge < -0.3 is 19.6 Å². The Morgan fingerprint density at radius 1 is 1.07 bits per heavy atom. The molecule has 0 bridgehead atoms. The molecule has 2 aromatic carbocycles. The minimum atomic E-state index is -1.37. The molecule has 0 saturated carbocycles. The number of aromatic carboxylic acids is 1. The van der Waals surface area contributed by atoms with E-state index in [-0.39, 0.29) is 10.6 Å². The van der Waals surface area contributed by atoms with E-state index in [4.69, 9.17) is 16.0 Å². The number of benzene rings is 2. The summed E-state index contributed by atoms with van der Waals surface area (Å²) in [7, 11) is 0. The summed E-state index contributed by atoms with van der Waals surface area (Å²) in [6, 6.07) is 16.1. The molecule has 27 heavy (non-hydrogen) atoms. The molecule has 2 amide bonds. The number of hydrogen-bond acceptors (Lipinski definition) is 5. The number of urea groups is 1. The summed E-state index contributed by atoms with van der Waals surface area (Å²) < 4.78 is 5.57. The summed E-state index contributed by atoms with van der Waals surface area (Å²) in [6.45, 7) is 0. The molecular formula is C19H13ClN3O4-. The van der Waals surface area contributed by atoms with Crippen LogP contribution in [0.1, 0.15) is 16.1 Å². The summed E-state index contributed by atoms with van der Waals surface area (Å²) >= 11 is 5.82. The van der Waals surface area contributed by atoms with Crippen molar-refractivity contribution in [2.75, 3.05) is 5.32 Å². The van der Waals surface area contributed by atoms with E-state index < -0.39 is 12.0 Å². The Labute approximate surface area is 159 Å². The zero-order valence-corrected chi connectivity index (χ0v) is 14.6. The monoisotopic (exact) mass is 382 g/mol. The molecule has 1 heterocycles. The quantitative estimate of drug-likeness (QED) is 0.522. The fourth-order valence-electron chi connectivity index (χ4n) is 2.25. The lowest BCUT2D eigenvalue weighted by Crippen LogP contribution is -2.24. The summed E-state index contributed by atoms with van der Waals surface area (Å²) in [5.41, 5.74) is 3.35. The van der Waals surface area contributed by atoms with Gasteiger partial charge in [0.2, 0.25) is 0 Å². The van der Waals surface area contributed by atoms with Crippen LogP contribution in [0.4, 0.5) is 10.5 Å². The Hall–Kier alpha value is -3.58. The van der Waals surface area contributed by atoms with E-state index in [0.717, 1.165) is 0 Å². The van der Waals surface area contributed by atoms with E-state index in [1.165, 1.54) is 18.3 Å². The van der Waals surface area contributed by atoms with Gasteiger partial charge in [-0.15, -0.1) is 0 Å². The predicted molar refractivity (Wildman–Crippen MR) is 99.7 cm³/mol. The first-order valence-electron chi connectivity index (χ1n) is 7.79. The van der Waals surface area contributed by atoms with Crippen molar-refractivity contribution in [1.82, 2.24) is 5.43 Å². The van der Waals surface area contributed by atoms with E-state index >= 15 is 0 Å². The van der Waals surface area contributed by atoms with Crippen LogP contribution in [0, 0.1) is 0 Å². The van der Waals surface area contributed by atoms with Crippen molar-refractivity contribution in [3.05, 3.63) is 77.0 Å². The molecule has 0 radical (unpaired) electrons. The summed E-state index contributed by atoms with van der Waals surface area (Å²) in [4.78, 5) is 22.8. The number of amides is 2. The minimum absolute atomic E-state index is 0.0840. The number of halogens is 1.